The summed E-state index contributed by atoms with van der Waals surface area (Å²) in [5.41, 5.74) is 2.82. The lowest BCUT2D eigenvalue weighted by molar-refractivity contribution is 1.20. The molecule has 0 unspecified atom stereocenters. The third-order valence-electron chi connectivity index (χ3n) is 3.94. The van der Waals surface area contributed by atoms with E-state index in [-0.39, 0.29) is 0 Å². The average Bonchev–Trinajstić information content (AvgIpc) is 3.04. The molecular formula is C17H10N4. The van der Waals surface area contributed by atoms with Gasteiger partial charge in [0.1, 0.15) is 11.3 Å². The van der Waals surface area contributed by atoms with Gasteiger partial charge in [-0.15, -0.1) is 0 Å². The smallest absolute Gasteiger partial charge is 0.147 e. The van der Waals surface area contributed by atoms with Crippen molar-refractivity contribution in [3.8, 4) is 0 Å². The number of pyridine rings is 3. The molecule has 4 heterocycles. The number of hydrogen-bond donors (Lipinski definition) is 0. The quantitative estimate of drug-likeness (QED) is 0.404. The second-order valence-corrected chi connectivity index (χ2v) is 5.06. The van der Waals surface area contributed by atoms with E-state index >= 15 is 0 Å². The minimum Gasteiger partial charge on any atom is -0.283 e. The van der Waals surface area contributed by atoms with Gasteiger partial charge in [-0.25, -0.2) is 9.97 Å². The molecule has 0 bridgehead atoms. The van der Waals surface area contributed by atoms with Gasteiger partial charge in [-0.3, -0.25) is 9.38 Å². The van der Waals surface area contributed by atoms with Crippen LogP contribution in [0.3, 0.4) is 0 Å². The van der Waals surface area contributed by atoms with Crippen molar-refractivity contribution in [2.75, 3.05) is 0 Å². The van der Waals surface area contributed by atoms with E-state index in [1.165, 1.54) is 0 Å². The van der Waals surface area contributed by atoms with Crippen molar-refractivity contribution >= 4 is 38.4 Å². The highest BCUT2D eigenvalue weighted by atomic mass is 15.0. The van der Waals surface area contributed by atoms with Crippen LogP contribution in [0.25, 0.3) is 38.4 Å². The van der Waals surface area contributed by atoms with Crippen LogP contribution in [0.15, 0.2) is 61.2 Å². The highest BCUT2D eigenvalue weighted by Gasteiger charge is 2.12. The van der Waals surface area contributed by atoms with Gasteiger partial charge in [0.15, 0.2) is 0 Å². The van der Waals surface area contributed by atoms with Crippen molar-refractivity contribution in [2.24, 2.45) is 0 Å². The first-order valence-electron chi connectivity index (χ1n) is 6.81. The number of nitrogens with zero attached hydrogens (tertiary/aromatic N) is 4. The van der Waals surface area contributed by atoms with E-state index in [0.29, 0.717) is 0 Å². The van der Waals surface area contributed by atoms with Crippen molar-refractivity contribution in [1.82, 2.24) is 19.4 Å². The van der Waals surface area contributed by atoms with Gasteiger partial charge in [0.2, 0.25) is 0 Å². The van der Waals surface area contributed by atoms with E-state index in [1.807, 2.05) is 53.5 Å². The topological polar surface area (TPSA) is 43.1 Å². The summed E-state index contributed by atoms with van der Waals surface area (Å²) in [6.45, 7) is 0. The van der Waals surface area contributed by atoms with Crippen LogP contribution in [0.1, 0.15) is 0 Å². The molecule has 98 valence electrons. The average molecular weight is 270 g/mol. The Labute approximate surface area is 119 Å². The van der Waals surface area contributed by atoms with Gasteiger partial charge < -0.3 is 0 Å². The molecular weight excluding hydrogens is 260 g/mol. The first kappa shape index (κ1) is 10.7. The number of para-hydroxylation sites is 1. The molecule has 0 aliphatic carbocycles. The van der Waals surface area contributed by atoms with Crippen LogP contribution in [-0.4, -0.2) is 19.4 Å². The van der Waals surface area contributed by atoms with Gasteiger partial charge in [0.05, 0.1) is 5.52 Å². The lowest BCUT2D eigenvalue weighted by Gasteiger charge is -2.09. The SMILES string of the molecule is c1ccc2c(c1)ncc1c3cccnc3n3ccnc3c21. The van der Waals surface area contributed by atoms with E-state index in [1.54, 1.807) is 0 Å². The second kappa shape index (κ2) is 3.76. The summed E-state index contributed by atoms with van der Waals surface area (Å²) < 4.78 is 2.05. The van der Waals surface area contributed by atoms with Crippen molar-refractivity contribution in [3.05, 3.63) is 61.2 Å². The van der Waals surface area contributed by atoms with Crippen LogP contribution < -0.4 is 0 Å². The minimum absolute atomic E-state index is 0.912. The van der Waals surface area contributed by atoms with Crippen LogP contribution in [0.4, 0.5) is 0 Å². The summed E-state index contributed by atoms with van der Waals surface area (Å²) in [4.78, 5) is 13.6. The third kappa shape index (κ3) is 1.31. The second-order valence-electron chi connectivity index (χ2n) is 5.06. The fourth-order valence-corrected chi connectivity index (χ4v) is 3.04. The van der Waals surface area contributed by atoms with E-state index in [9.17, 15) is 0 Å². The summed E-state index contributed by atoms with van der Waals surface area (Å²) in [5, 5.41) is 4.44. The summed E-state index contributed by atoms with van der Waals surface area (Å²) in [7, 11) is 0. The van der Waals surface area contributed by atoms with Crippen LogP contribution in [-0.2, 0) is 0 Å². The highest BCUT2D eigenvalue weighted by Crippen LogP contribution is 2.31. The Balaban J connectivity index is 2.24. The highest BCUT2D eigenvalue weighted by molar-refractivity contribution is 6.20. The Morgan fingerprint density at radius 3 is 2.57 bits per heavy atom. The predicted molar refractivity (Wildman–Crippen MR) is 83.3 cm³/mol. The van der Waals surface area contributed by atoms with Crippen LogP contribution in [0.2, 0.25) is 0 Å². The molecule has 0 atom stereocenters. The molecule has 1 aromatic carbocycles. The van der Waals surface area contributed by atoms with Gasteiger partial charge >= 0.3 is 0 Å². The molecule has 4 nitrogen and oxygen atoms in total. The standard InChI is InChI=1S/C17H10N4/c1-2-6-14-12(4-1)15-13(10-20-14)11-5-3-7-18-16(11)21-9-8-19-17(15)21/h1-10H. The number of aromatic nitrogens is 4. The normalized spacial score (nSPS) is 11.8. The van der Waals surface area contributed by atoms with Gasteiger partial charge in [-0.2, -0.15) is 0 Å². The Bertz CT molecular complexity index is 1130. The maximum atomic E-state index is 4.59. The first-order valence-corrected chi connectivity index (χ1v) is 6.81. The van der Waals surface area contributed by atoms with Crippen LogP contribution >= 0.6 is 0 Å². The summed E-state index contributed by atoms with van der Waals surface area (Å²) in [6.07, 6.45) is 7.51. The molecule has 0 saturated carbocycles. The fraction of sp³-hybridized carbons (Fsp3) is 0. The lowest BCUT2D eigenvalue weighted by Crippen LogP contribution is -1.94. The van der Waals surface area contributed by atoms with Crippen molar-refractivity contribution < 1.29 is 0 Å². The van der Waals surface area contributed by atoms with Gasteiger partial charge in [0, 0.05) is 46.3 Å². The number of imidazole rings is 1. The molecule has 5 rings (SSSR count). The molecule has 4 heteroatoms. The number of rotatable bonds is 0. The van der Waals surface area contributed by atoms with Crippen LogP contribution in [0.5, 0.6) is 0 Å². The summed E-state index contributed by atoms with van der Waals surface area (Å²) in [5.74, 6) is 0. The zero-order valence-electron chi connectivity index (χ0n) is 11.1. The maximum absolute atomic E-state index is 4.59. The Morgan fingerprint density at radius 2 is 1.57 bits per heavy atom. The first-order chi connectivity index (χ1) is 10.4. The molecule has 21 heavy (non-hydrogen) atoms. The monoisotopic (exact) mass is 270 g/mol. The third-order valence-corrected chi connectivity index (χ3v) is 3.94. The van der Waals surface area contributed by atoms with Gasteiger partial charge in [0.25, 0.3) is 0 Å². The molecule has 0 spiro atoms. The van der Waals surface area contributed by atoms with Crippen molar-refractivity contribution in [3.63, 3.8) is 0 Å². The lowest BCUT2D eigenvalue weighted by atomic mass is 10.1. The van der Waals surface area contributed by atoms with Crippen molar-refractivity contribution in [1.29, 1.82) is 0 Å². The Hall–Kier alpha value is -3.01. The molecule has 0 amide bonds. The molecule has 0 saturated heterocycles. The zero-order chi connectivity index (χ0) is 13.8. The summed E-state index contributed by atoms with van der Waals surface area (Å²) in [6, 6.07) is 12.2. The van der Waals surface area contributed by atoms with E-state index in [4.69, 9.17) is 0 Å². The molecule has 0 N–H and O–H groups in total. The minimum atomic E-state index is 0.912. The Morgan fingerprint density at radius 1 is 0.714 bits per heavy atom. The van der Waals surface area contributed by atoms with E-state index in [0.717, 1.165) is 38.4 Å². The molecule has 0 aliphatic rings. The van der Waals surface area contributed by atoms with E-state index < -0.39 is 0 Å². The number of hydrogen-bond acceptors (Lipinski definition) is 3. The largest absolute Gasteiger partial charge is 0.283 e. The van der Waals surface area contributed by atoms with Gasteiger partial charge in [-0.1, -0.05) is 18.2 Å². The Kier molecular flexibility index (Phi) is 1.92. The predicted octanol–water partition coefficient (Wildman–Crippen LogP) is 3.58. The number of fused-ring (bicyclic) bond motifs is 8. The van der Waals surface area contributed by atoms with E-state index in [2.05, 4.69) is 27.1 Å². The van der Waals surface area contributed by atoms with Crippen LogP contribution in [0, 0.1) is 0 Å². The fourth-order valence-electron chi connectivity index (χ4n) is 3.04. The summed E-state index contributed by atoms with van der Waals surface area (Å²) >= 11 is 0. The molecule has 4 aromatic heterocycles. The van der Waals surface area contributed by atoms with Crippen molar-refractivity contribution in [2.45, 2.75) is 0 Å². The van der Waals surface area contributed by atoms with Gasteiger partial charge in [-0.05, 0) is 18.2 Å². The maximum Gasteiger partial charge on any atom is 0.147 e. The number of benzene rings is 1. The molecule has 5 aromatic rings. The molecule has 0 aliphatic heterocycles. The molecule has 0 fully saturated rings. The molecule has 0 radical (unpaired) electrons. The zero-order valence-corrected chi connectivity index (χ0v) is 11.1.